The lowest BCUT2D eigenvalue weighted by atomic mass is 10.2. The second kappa shape index (κ2) is 7.54. The number of nitrogens with two attached hydrogens (primary N) is 1. The van der Waals surface area contributed by atoms with E-state index in [0.29, 0.717) is 17.1 Å². The number of carbonyl (C=O) groups is 1. The van der Waals surface area contributed by atoms with Crippen molar-refractivity contribution in [3.63, 3.8) is 0 Å². The Morgan fingerprint density at radius 2 is 2.05 bits per heavy atom. The zero-order valence-electron chi connectivity index (χ0n) is 13.1. The summed E-state index contributed by atoms with van der Waals surface area (Å²) < 4.78 is 5.25. The van der Waals surface area contributed by atoms with Crippen LogP contribution >= 0.6 is 0 Å². The van der Waals surface area contributed by atoms with E-state index >= 15 is 0 Å². The summed E-state index contributed by atoms with van der Waals surface area (Å²) in [5.74, 6) is 0.306. The molecule has 0 heterocycles. The van der Waals surface area contributed by atoms with Gasteiger partial charge >= 0.3 is 0 Å². The van der Waals surface area contributed by atoms with Gasteiger partial charge in [0, 0.05) is 26.2 Å². The molecule has 1 amide bonds. The van der Waals surface area contributed by atoms with Gasteiger partial charge in [0.05, 0.1) is 24.2 Å². The van der Waals surface area contributed by atoms with Gasteiger partial charge in [0.1, 0.15) is 5.75 Å². The molecule has 0 aliphatic rings. The molecule has 1 aromatic carbocycles. The Hall–Kier alpha value is -2.21. The van der Waals surface area contributed by atoms with Gasteiger partial charge in [-0.15, -0.1) is 0 Å². The molecule has 0 aliphatic carbocycles. The summed E-state index contributed by atoms with van der Waals surface area (Å²) in [6.45, 7) is 5.15. The van der Waals surface area contributed by atoms with Crippen molar-refractivity contribution in [3.05, 3.63) is 24.8 Å². The largest absolute Gasteiger partial charge is 0.495 e. The van der Waals surface area contributed by atoms with Crippen molar-refractivity contribution in [2.75, 3.05) is 57.3 Å². The third-order valence-electron chi connectivity index (χ3n) is 3.09. The van der Waals surface area contributed by atoms with Crippen LogP contribution < -0.4 is 20.7 Å². The van der Waals surface area contributed by atoms with E-state index in [-0.39, 0.29) is 5.91 Å². The van der Waals surface area contributed by atoms with E-state index in [2.05, 4.69) is 16.8 Å². The van der Waals surface area contributed by atoms with Crippen LogP contribution in [0.25, 0.3) is 0 Å². The van der Waals surface area contributed by atoms with Crippen molar-refractivity contribution in [2.24, 2.45) is 0 Å². The number of anilines is 3. The molecule has 116 valence electrons. The number of rotatable bonds is 7. The third kappa shape index (κ3) is 4.68. The van der Waals surface area contributed by atoms with Gasteiger partial charge < -0.3 is 25.6 Å². The van der Waals surface area contributed by atoms with E-state index < -0.39 is 0 Å². The van der Waals surface area contributed by atoms with Crippen LogP contribution in [0.2, 0.25) is 0 Å². The second-order valence-corrected chi connectivity index (χ2v) is 5.03. The summed E-state index contributed by atoms with van der Waals surface area (Å²) in [5.41, 5.74) is 7.87. The highest BCUT2D eigenvalue weighted by molar-refractivity contribution is 6.02. The van der Waals surface area contributed by atoms with Gasteiger partial charge in [0.2, 0.25) is 5.91 Å². The van der Waals surface area contributed by atoms with E-state index in [1.54, 1.807) is 13.2 Å². The van der Waals surface area contributed by atoms with E-state index in [4.69, 9.17) is 10.5 Å². The molecule has 0 atom stereocenters. The van der Waals surface area contributed by atoms with Gasteiger partial charge in [0.15, 0.2) is 0 Å². The predicted octanol–water partition coefficient (Wildman–Crippen LogP) is 1.40. The first-order valence-corrected chi connectivity index (χ1v) is 6.65. The number of amides is 1. The zero-order valence-corrected chi connectivity index (χ0v) is 13.1. The smallest absolute Gasteiger partial charge is 0.247 e. The van der Waals surface area contributed by atoms with Crippen LogP contribution in [0.4, 0.5) is 17.1 Å². The molecule has 0 aliphatic heterocycles. The number of hydrogen-bond acceptors (Lipinski definition) is 5. The highest BCUT2D eigenvalue weighted by atomic mass is 16.5. The van der Waals surface area contributed by atoms with Crippen molar-refractivity contribution >= 4 is 23.0 Å². The molecular weight excluding hydrogens is 268 g/mol. The fraction of sp³-hybridized carbons (Fsp3) is 0.400. The standard InChI is InChI=1S/C15H24N4O2/c1-6-15(20)17-12-9-11(16)14(21-5)10-13(12)19(4)8-7-18(2)3/h6,9-10H,1,7-8,16H2,2-5H3,(H,17,20). The fourth-order valence-electron chi connectivity index (χ4n) is 1.83. The second-order valence-electron chi connectivity index (χ2n) is 5.03. The lowest BCUT2D eigenvalue weighted by Crippen LogP contribution is -2.29. The van der Waals surface area contributed by atoms with E-state index in [1.807, 2.05) is 32.1 Å². The first-order valence-electron chi connectivity index (χ1n) is 6.65. The predicted molar refractivity (Wildman–Crippen MR) is 88.1 cm³/mol. The van der Waals surface area contributed by atoms with Crippen molar-refractivity contribution in [3.8, 4) is 5.75 Å². The average Bonchev–Trinajstić information content (AvgIpc) is 2.44. The van der Waals surface area contributed by atoms with E-state index in [9.17, 15) is 4.79 Å². The molecule has 0 fully saturated rings. The highest BCUT2D eigenvalue weighted by Crippen LogP contribution is 2.34. The maximum atomic E-state index is 11.6. The monoisotopic (exact) mass is 292 g/mol. The molecule has 0 bridgehead atoms. The van der Waals surface area contributed by atoms with Crippen molar-refractivity contribution in [1.82, 2.24) is 4.90 Å². The Morgan fingerprint density at radius 3 is 2.57 bits per heavy atom. The molecule has 3 N–H and O–H groups in total. The molecule has 21 heavy (non-hydrogen) atoms. The summed E-state index contributed by atoms with van der Waals surface area (Å²) >= 11 is 0. The van der Waals surface area contributed by atoms with Crippen LogP contribution in [0, 0.1) is 0 Å². The van der Waals surface area contributed by atoms with Crippen LogP contribution in [-0.2, 0) is 4.79 Å². The zero-order chi connectivity index (χ0) is 16.0. The summed E-state index contributed by atoms with van der Waals surface area (Å²) in [7, 11) is 7.55. The Balaban J connectivity index is 3.11. The maximum Gasteiger partial charge on any atom is 0.247 e. The van der Waals surface area contributed by atoms with Crippen molar-refractivity contribution in [2.45, 2.75) is 0 Å². The van der Waals surface area contributed by atoms with Crippen LogP contribution in [0.3, 0.4) is 0 Å². The SMILES string of the molecule is C=CC(=O)Nc1cc(N)c(OC)cc1N(C)CCN(C)C. The maximum absolute atomic E-state index is 11.6. The summed E-state index contributed by atoms with van der Waals surface area (Å²) in [6.07, 6.45) is 1.23. The Morgan fingerprint density at radius 1 is 1.38 bits per heavy atom. The Kier molecular flexibility index (Phi) is 6.05. The Bertz CT molecular complexity index is 515. The van der Waals surface area contributed by atoms with Gasteiger partial charge in [-0.05, 0) is 26.2 Å². The number of methoxy groups -OCH3 is 1. The molecule has 0 radical (unpaired) electrons. The third-order valence-corrected chi connectivity index (χ3v) is 3.09. The molecule has 1 aromatic rings. The number of ether oxygens (including phenoxy) is 1. The molecule has 6 nitrogen and oxygen atoms in total. The molecule has 0 saturated carbocycles. The number of benzene rings is 1. The molecule has 0 unspecified atom stereocenters. The highest BCUT2D eigenvalue weighted by Gasteiger charge is 2.13. The quantitative estimate of drug-likeness (QED) is 0.587. The van der Waals surface area contributed by atoms with Crippen LogP contribution in [0.15, 0.2) is 24.8 Å². The minimum atomic E-state index is -0.276. The number of nitrogens with one attached hydrogen (secondary N) is 1. The molecular formula is C15H24N4O2. The normalized spacial score (nSPS) is 10.3. The van der Waals surface area contributed by atoms with Crippen LogP contribution in [-0.4, -0.2) is 52.1 Å². The van der Waals surface area contributed by atoms with Gasteiger partial charge in [-0.1, -0.05) is 6.58 Å². The topological polar surface area (TPSA) is 70.8 Å². The summed E-state index contributed by atoms with van der Waals surface area (Å²) in [5, 5.41) is 2.77. The Labute approximate surface area is 126 Å². The van der Waals surface area contributed by atoms with Gasteiger partial charge in [-0.3, -0.25) is 4.79 Å². The number of nitrogen functional groups attached to an aromatic ring is 1. The van der Waals surface area contributed by atoms with Crippen LogP contribution in [0.1, 0.15) is 0 Å². The molecule has 0 aromatic heterocycles. The van der Waals surface area contributed by atoms with Crippen molar-refractivity contribution < 1.29 is 9.53 Å². The first-order chi connectivity index (χ1) is 9.88. The summed E-state index contributed by atoms with van der Waals surface area (Å²) in [6, 6.07) is 3.52. The first kappa shape index (κ1) is 16.8. The van der Waals surface area contributed by atoms with Crippen molar-refractivity contribution in [1.29, 1.82) is 0 Å². The number of likely N-dealkylation sites (N-methyl/N-ethyl adjacent to an activating group) is 2. The lowest BCUT2D eigenvalue weighted by Gasteiger charge is -2.25. The number of nitrogens with zero attached hydrogens (tertiary/aromatic N) is 2. The van der Waals surface area contributed by atoms with Gasteiger partial charge in [-0.25, -0.2) is 0 Å². The minimum absolute atomic E-state index is 0.276. The summed E-state index contributed by atoms with van der Waals surface area (Å²) in [4.78, 5) is 15.7. The molecule has 1 rings (SSSR count). The molecule has 0 saturated heterocycles. The van der Waals surface area contributed by atoms with E-state index in [1.165, 1.54) is 6.08 Å². The van der Waals surface area contributed by atoms with E-state index in [0.717, 1.165) is 18.8 Å². The number of carbonyl (C=O) groups excluding carboxylic acids is 1. The average molecular weight is 292 g/mol. The number of hydrogen-bond donors (Lipinski definition) is 2. The minimum Gasteiger partial charge on any atom is -0.495 e. The fourth-order valence-corrected chi connectivity index (χ4v) is 1.83. The lowest BCUT2D eigenvalue weighted by molar-refractivity contribution is -0.111. The molecule has 6 heteroatoms. The van der Waals surface area contributed by atoms with Gasteiger partial charge in [0.25, 0.3) is 0 Å². The van der Waals surface area contributed by atoms with Crippen LogP contribution in [0.5, 0.6) is 5.75 Å². The molecule has 0 spiro atoms. The van der Waals surface area contributed by atoms with Gasteiger partial charge in [-0.2, -0.15) is 0 Å².